The Kier molecular flexibility index (Phi) is 5.60. The summed E-state index contributed by atoms with van der Waals surface area (Å²) in [6.07, 6.45) is 0.498. The van der Waals surface area contributed by atoms with Gasteiger partial charge in [0.15, 0.2) is 0 Å². The van der Waals surface area contributed by atoms with E-state index in [4.69, 9.17) is 16.3 Å². The van der Waals surface area contributed by atoms with E-state index in [1.807, 2.05) is 31.2 Å². The summed E-state index contributed by atoms with van der Waals surface area (Å²) in [5.74, 6) is -1.25. The van der Waals surface area contributed by atoms with Crippen molar-refractivity contribution >= 4 is 40.2 Å². The Morgan fingerprint density at radius 1 is 1.38 bits per heavy atom. The van der Waals surface area contributed by atoms with E-state index in [0.29, 0.717) is 11.6 Å². The molecule has 0 amide bonds. The van der Waals surface area contributed by atoms with Gasteiger partial charge in [-0.1, -0.05) is 23.4 Å². The fourth-order valence-electron chi connectivity index (χ4n) is 4.10. The number of methoxy groups -OCH3 is 1. The zero-order valence-electron chi connectivity index (χ0n) is 16.1. The fraction of sp³-hybridized carbons (Fsp3) is 0.318. The van der Waals surface area contributed by atoms with Crippen molar-refractivity contribution in [2.75, 3.05) is 7.11 Å². The molecule has 1 aliphatic rings. The largest absolute Gasteiger partial charge is 0.481 e. The highest BCUT2D eigenvalue weighted by Crippen LogP contribution is 2.49. The molecular formula is C22H21ClFNO3S. The van der Waals surface area contributed by atoms with Crippen LogP contribution in [0.15, 0.2) is 46.2 Å². The molecule has 0 spiro atoms. The molecule has 0 saturated carbocycles. The Labute approximate surface area is 177 Å². The van der Waals surface area contributed by atoms with Crippen molar-refractivity contribution in [2.24, 2.45) is 0 Å². The van der Waals surface area contributed by atoms with Gasteiger partial charge in [-0.2, -0.15) is 0 Å². The van der Waals surface area contributed by atoms with Crippen LogP contribution in [0, 0.1) is 5.82 Å². The molecule has 0 radical (unpaired) electrons. The third-order valence-corrected chi connectivity index (χ3v) is 6.87. The first-order valence-corrected chi connectivity index (χ1v) is 10.6. The maximum absolute atomic E-state index is 14.5. The molecular weight excluding hydrogens is 413 g/mol. The first-order valence-electron chi connectivity index (χ1n) is 9.42. The zero-order chi connectivity index (χ0) is 20.7. The normalized spacial score (nSPS) is 16.9. The lowest BCUT2D eigenvalue weighted by molar-refractivity contribution is -0.137. The summed E-state index contributed by atoms with van der Waals surface area (Å²) < 4.78 is 22.1. The third-order valence-electron chi connectivity index (χ3n) is 5.49. The Hall–Kier alpha value is -2.02. The highest BCUT2D eigenvalue weighted by Gasteiger charge is 2.33. The number of aliphatic carboxylic acids is 1. The van der Waals surface area contributed by atoms with Gasteiger partial charge in [0.25, 0.3) is 0 Å². The van der Waals surface area contributed by atoms with Gasteiger partial charge in [0.05, 0.1) is 18.0 Å². The predicted octanol–water partition coefficient (Wildman–Crippen LogP) is 6.25. The molecule has 1 aliphatic heterocycles. The van der Waals surface area contributed by atoms with Crippen LogP contribution < -0.4 is 0 Å². The lowest BCUT2D eigenvalue weighted by Crippen LogP contribution is -2.04. The highest BCUT2D eigenvalue weighted by atomic mass is 35.5. The van der Waals surface area contributed by atoms with E-state index < -0.39 is 5.97 Å². The molecule has 1 N–H and O–H groups in total. The molecule has 2 heterocycles. The standard InChI is InChI=1S/C22H21ClFNO3S/c1-12(28-2)17-10-15(24)11-18-20(17)22(29-16-5-3-14(23)4-6-16)21-13(9-19(26)27)7-8-25(18)21/h3-6,10-13H,7-9H2,1-2H3,(H,26,27). The number of aromatic nitrogens is 1. The van der Waals surface area contributed by atoms with Crippen LogP contribution in [0.1, 0.15) is 43.0 Å². The van der Waals surface area contributed by atoms with Gasteiger partial charge >= 0.3 is 5.97 Å². The van der Waals surface area contributed by atoms with E-state index in [0.717, 1.165) is 38.4 Å². The summed E-state index contributed by atoms with van der Waals surface area (Å²) in [5, 5.41) is 11.0. The minimum Gasteiger partial charge on any atom is -0.481 e. The maximum atomic E-state index is 14.5. The van der Waals surface area contributed by atoms with Gasteiger partial charge in [0, 0.05) is 45.5 Å². The van der Waals surface area contributed by atoms with E-state index in [-0.39, 0.29) is 24.3 Å². The van der Waals surface area contributed by atoms with Crippen LogP contribution in [0.4, 0.5) is 4.39 Å². The van der Waals surface area contributed by atoms with Crippen molar-refractivity contribution in [3.8, 4) is 0 Å². The average molecular weight is 434 g/mol. The van der Waals surface area contributed by atoms with Crippen LogP contribution in [0.3, 0.4) is 0 Å². The van der Waals surface area contributed by atoms with E-state index in [1.165, 1.54) is 6.07 Å². The van der Waals surface area contributed by atoms with Crippen LogP contribution in [0.2, 0.25) is 5.02 Å². The Bertz CT molecular complexity index is 1080. The number of carboxylic acids is 1. The second kappa shape index (κ2) is 8.01. The molecule has 29 heavy (non-hydrogen) atoms. The third kappa shape index (κ3) is 3.77. The molecule has 7 heteroatoms. The summed E-state index contributed by atoms with van der Waals surface area (Å²) in [6.45, 7) is 2.57. The number of ether oxygens (including phenoxy) is 1. The molecule has 1 aromatic heterocycles. The monoisotopic (exact) mass is 433 g/mol. The highest BCUT2D eigenvalue weighted by molar-refractivity contribution is 7.99. The number of nitrogens with zero attached hydrogens (tertiary/aromatic N) is 1. The molecule has 2 unspecified atom stereocenters. The fourth-order valence-corrected chi connectivity index (χ4v) is 5.44. The van der Waals surface area contributed by atoms with Gasteiger partial charge in [-0.15, -0.1) is 0 Å². The Morgan fingerprint density at radius 3 is 2.76 bits per heavy atom. The molecule has 152 valence electrons. The molecule has 3 aromatic rings. The van der Waals surface area contributed by atoms with Crippen LogP contribution in [-0.2, 0) is 16.1 Å². The summed E-state index contributed by atoms with van der Waals surface area (Å²) in [5.41, 5.74) is 2.54. The number of hydrogen-bond acceptors (Lipinski definition) is 3. The topological polar surface area (TPSA) is 51.5 Å². The van der Waals surface area contributed by atoms with E-state index in [1.54, 1.807) is 24.9 Å². The lowest BCUT2D eigenvalue weighted by Gasteiger charge is -2.15. The van der Waals surface area contributed by atoms with Crippen LogP contribution in [0.25, 0.3) is 10.9 Å². The van der Waals surface area contributed by atoms with E-state index in [2.05, 4.69) is 4.57 Å². The molecule has 0 fully saturated rings. The molecule has 0 saturated heterocycles. The van der Waals surface area contributed by atoms with Crippen LogP contribution in [-0.4, -0.2) is 22.8 Å². The van der Waals surface area contributed by atoms with Crippen molar-refractivity contribution in [1.29, 1.82) is 0 Å². The summed E-state index contributed by atoms with van der Waals surface area (Å²) >= 11 is 7.60. The summed E-state index contributed by atoms with van der Waals surface area (Å²) in [6, 6.07) is 10.6. The van der Waals surface area contributed by atoms with Crippen molar-refractivity contribution in [3.05, 3.63) is 58.5 Å². The summed E-state index contributed by atoms with van der Waals surface area (Å²) in [4.78, 5) is 13.4. The smallest absolute Gasteiger partial charge is 0.304 e. The Balaban J connectivity index is 1.96. The number of halogens is 2. The van der Waals surface area contributed by atoms with Crippen LogP contribution >= 0.6 is 23.4 Å². The summed E-state index contributed by atoms with van der Waals surface area (Å²) in [7, 11) is 1.60. The lowest BCUT2D eigenvalue weighted by atomic mass is 9.98. The van der Waals surface area contributed by atoms with Gasteiger partial charge in [-0.25, -0.2) is 4.39 Å². The van der Waals surface area contributed by atoms with Gasteiger partial charge < -0.3 is 14.4 Å². The molecule has 2 aromatic carbocycles. The molecule has 4 rings (SSSR count). The van der Waals surface area contributed by atoms with Crippen molar-refractivity contribution in [2.45, 2.75) is 48.1 Å². The number of fused-ring (bicyclic) bond motifs is 3. The van der Waals surface area contributed by atoms with Crippen molar-refractivity contribution in [1.82, 2.24) is 4.57 Å². The maximum Gasteiger partial charge on any atom is 0.304 e. The number of carbonyl (C=O) groups is 1. The molecule has 0 bridgehead atoms. The van der Waals surface area contributed by atoms with E-state index in [9.17, 15) is 14.3 Å². The minimum absolute atomic E-state index is 0.0577. The van der Waals surface area contributed by atoms with Gasteiger partial charge in [-0.05, 0) is 55.3 Å². The number of hydrogen-bond donors (Lipinski definition) is 1. The minimum atomic E-state index is -0.826. The second-order valence-electron chi connectivity index (χ2n) is 7.27. The number of carboxylic acid groups (broad SMARTS) is 1. The first kappa shape index (κ1) is 20.3. The SMILES string of the molecule is COC(C)c1cc(F)cc2c1c(Sc1ccc(Cl)cc1)c1n2CCC1CC(=O)O. The molecule has 4 nitrogen and oxygen atoms in total. The second-order valence-corrected chi connectivity index (χ2v) is 8.79. The quantitative estimate of drug-likeness (QED) is 0.498. The predicted molar refractivity (Wildman–Crippen MR) is 113 cm³/mol. The van der Waals surface area contributed by atoms with Gasteiger partial charge in [-0.3, -0.25) is 4.79 Å². The number of rotatable bonds is 6. The molecule has 0 aliphatic carbocycles. The molecule has 2 atom stereocenters. The van der Waals surface area contributed by atoms with Crippen molar-refractivity contribution < 1.29 is 19.0 Å². The number of aryl methyl sites for hydroxylation is 1. The number of benzene rings is 2. The zero-order valence-corrected chi connectivity index (χ0v) is 17.7. The first-order chi connectivity index (χ1) is 13.9. The van der Waals surface area contributed by atoms with Gasteiger partial charge in [0.2, 0.25) is 0 Å². The Morgan fingerprint density at radius 2 is 2.10 bits per heavy atom. The average Bonchev–Trinajstić information content (AvgIpc) is 3.21. The van der Waals surface area contributed by atoms with Gasteiger partial charge in [0.1, 0.15) is 5.82 Å². The van der Waals surface area contributed by atoms with E-state index >= 15 is 0 Å². The van der Waals surface area contributed by atoms with Crippen LogP contribution in [0.5, 0.6) is 0 Å². The van der Waals surface area contributed by atoms with Crippen molar-refractivity contribution in [3.63, 3.8) is 0 Å².